The van der Waals surface area contributed by atoms with Crippen molar-refractivity contribution in [2.24, 2.45) is 11.7 Å². The molecule has 2 unspecified atom stereocenters. The van der Waals surface area contributed by atoms with E-state index >= 15 is 0 Å². The Hall–Kier alpha value is -0.160. The molecular formula is C14H29NO3. The van der Waals surface area contributed by atoms with Crippen molar-refractivity contribution in [3.8, 4) is 0 Å². The van der Waals surface area contributed by atoms with Gasteiger partial charge in [0.2, 0.25) is 0 Å². The average molecular weight is 259 g/mol. The summed E-state index contributed by atoms with van der Waals surface area (Å²) in [4.78, 5) is 0. The van der Waals surface area contributed by atoms with Gasteiger partial charge < -0.3 is 19.9 Å². The zero-order chi connectivity index (χ0) is 13.8. The summed E-state index contributed by atoms with van der Waals surface area (Å²) >= 11 is 0. The first-order valence-corrected chi connectivity index (χ1v) is 6.81. The summed E-state index contributed by atoms with van der Waals surface area (Å²) in [5.41, 5.74) is 6.09. The van der Waals surface area contributed by atoms with Gasteiger partial charge in [0.15, 0.2) is 0 Å². The van der Waals surface area contributed by atoms with Crippen LogP contribution in [0.2, 0.25) is 0 Å². The standard InChI is InChI=1S/C14H29NO3/c1-13(2)10-11(14(3,4)18-13)12(15)6-7-17-9-8-16-5/h11-12H,6-10,15H2,1-5H3. The molecule has 1 aliphatic heterocycles. The molecule has 0 aromatic carbocycles. The summed E-state index contributed by atoms with van der Waals surface area (Å²) in [6.45, 7) is 10.5. The van der Waals surface area contributed by atoms with E-state index in [9.17, 15) is 0 Å². The third-order valence-corrected chi connectivity index (χ3v) is 3.69. The Balaban J connectivity index is 2.35. The van der Waals surface area contributed by atoms with Crippen molar-refractivity contribution in [3.63, 3.8) is 0 Å². The van der Waals surface area contributed by atoms with Crippen LogP contribution in [0.1, 0.15) is 40.5 Å². The molecule has 4 nitrogen and oxygen atoms in total. The number of hydrogen-bond donors (Lipinski definition) is 1. The summed E-state index contributed by atoms with van der Waals surface area (Å²) in [5.74, 6) is 0.388. The topological polar surface area (TPSA) is 53.7 Å². The molecule has 1 heterocycles. The molecule has 108 valence electrons. The quantitative estimate of drug-likeness (QED) is 0.710. The van der Waals surface area contributed by atoms with Gasteiger partial charge in [-0.05, 0) is 40.5 Å². The molecule has 0 aromatic heterocycles. The van der Waals surface area contributed by atoms with E-state index in [0.717, 1.165) is 12.8 Å². The van der Waals surface area contributed by atoms with Gasteiger partial charge in [-0.15, -0.1) is 0 Å². The van der Waals surface area contributed by atoms with Crippen LogP contribution < -0.4 is 5.73 Å². The molecule has 18 heavy (non-hydrogen) atoms. The first-order valence-electron chi connectivity index (χ1n) is 6.81. The van der Waals surface area contributed by atoms with Crippen LogP contribution in [0.4, 0.5) is 0 Å². The van der Waals surface area contributed by atoms with E-state index in [1.807, 2.05) is 0 Å². The van der Waals surface area contributed by atoms with Gasteiger partial charge >= 0.3 is 0 Å². The van der Waals surface area contributed by atoms with Crippen LogP contribution in [-0.4, -0.2) is 44.2 Å². The van der Waals surface area contributed by atoms with Crippen LogP contribution in [0.25, 0.3) is 0 Å². The second-order valence-corrected chi connectivity index (χ2v) is 6.33. The van der Waals surface area contributed by atoms with Gasteiger partial charge in [0.25, 0.3) is 0 Å². The van der Waals surface area contributed by atoms with Gasteiger partial charge in [0, 0.05) is 25.7 Å². The fourth-order valence-electron chi connectivity index (χ4n) is 2.94. The average Bonchev–Trinajstić information content (AvgIpc) is 2.46. The molecule has 1 rings (SSSR count). The van der Waals surface area contributed by atoms with E-state index in [1.165, 1.54) is 0 Å². The molecule has 2 N–H and O–H groups in total. The van der Waals surface area contributed by atoms with E-state index in [1.54, 1.807) is 7.11 Å². The number of ether oxygens (including phenoxy) is 3. The predicted molar refractivity (Wildman–Crippen MR) is 72.6 cm³/mol. The van der Waals surface area contributed by atoms with Crippen molar-refractivity contribution in [1.29, 1.82) is 0 Å². The maximum Gasteiger partial charge on any atom is 0.0700 e. The number of methoxy groups -OCH3 is 1. The summed E-state index contributed by atoms with van der Waals surface area (Å²) < 4.78 is 16.5. The van der Waals surface area contributed by atoms with Crippen LogP contribution in [0, 0.1) is 5.92 Å². The molecule has 1 saturated heterocycles. The highest BCUT2D eigenvalue weighted by molar-refractivity contribution is 4.98. The van der Waals surface area contributed by atoms with E-state index in [4.69, 9.17) is 19.9 Å². The maximum absolute atomic E-state index is 6.30. The van der Waals surface area contributed by atoms with Crippen LogP contribution in [0.3, 0.4) is 0 Å². The Morgan fingerprint density at radius 1 is 1.22 bits per heavy atom. The zero-order valence-corrected chi connectivity index (χ0v) is 12.5. The molecule has 4 heteroatoms. The number of hydrogen-bond acceptors (Lipinski definition) is 4. The van der Waals surface area contributed by atoms with Crippen molar-refractivity contribution in [2.45, 2.75) is 57.8 Å². The minimum atomic E-state index is -0.143. The van der Waals surface area contributed by atoms with Crippen LogP contribution in [-0.2, 0) is 14.2 Å². The van der Waals surface area contributed by atoms with Gasteiger partial charge in [-0.25, -0.2) is 0 Å². The first-order chi connectivity index (χ1) is 8.28. The van der Waals surface area contributed by atoms with Gasteiger partial charge in [0.1, 0.15) is 0 Å². The third kappa shape index (κ3) is 4.50. The van der Waals surface area contributed by atoms with E-state index in [-0.39, 0.29) is 17.2 Å². The highest BCUT2D eigenvalue weighted by atomic mass is 16.5. The van der Waals surface area contributed by atoms with Crippen molar-refractivity contribution < 1.29 is 14.2 Å². The highest BCUT2D eigenvalue weighted by Crippen LogP contribution is 2.43. The molecule has 0 radical (unpaired) electrons. The van der Waals surface area contributed by atoms with Gasteiger partial charge in [-0.1, -0.05) is 0 Å². The molecule has 0 spiro atoms. The van der Waals surface area contributed by atoms with E-state index in [0.29, 0.717) is 25.7 Å². The van der Waals surface area contributed by atoms with Gasteiger partial charge in [-0.3, -0.25) is 0 Å². The van der Waals surface area contributed by atoms with Crippen LogP contribution in [0.5, 0.6) is 0 Å². The lowest BCUT2D eigenvalue weighted by Gasteiger charge is -2.31. The van der Waals surface area contributed by atoms with Gasteiger partial charge in [-0.2, -0.15) is 0 Å². The summed E-state index contributed by atoms with van der Waals surface area (Å²) in [6, 6.07) is 0.129. The lowest BCUT2D eigenvalue weighted by molar-refractivity contribution is -0.0773. The molecule has 2 atom stereocenters. The SMILES string of the molecule is COCCOCCC(N)C1CC(C)(C)OC1(C)C. The molecular weight excluding hydrogens is 230 g/mol. The second kappa shape index (κ2) is 6.33. The molecule has 0 aliphatic carbocycles. The van der Waals surface area contributed by atoms with Crippen molar-refractivity contribution in [1.82, 2.24) is 0 Å². The van der Waals surface area contributed by atoms with E-state index in [2.05, 4.69) is 27.7 Å². The molecule has 0 amide bonds. The molecule has 0 saturated carbocycles. The van der Waals surface area contributed by atoms with Crippen LogP contribution in [0.15, 0.2) is 0 Å². The van der Waals surface area contributed by atoms with Crippen molar-refractivity contribution in [2.75, 3.05) is 26.9 Å². The summed E-state index contributed by atoms with van der Waals surface area (Å²) in [6.07, 6.45) is 1.89. The summed E-state index contributed by atoms with van der Waals surface area (Å²) in [7, 11) is 1.68. The molecule has 0 bridgehead atoms. The maximum atomic E-state index is 6.30. The van der Waals surface area contributed by atoms with Gasteiger partial charge in [0.05, 0.1) is 24.4 Å². The lowest BCUT2D eigenvalue weighted by Crippen LogP contribution is -2.41. The largest absolute Gasteiger partial charge is 0.382 e. The minimum Gasteiger partial charge on any atom is -0.382 e. The fourth-order valence-corrected chi connectivity index (χ4v) is 2.94. The Bertz CT molecular complexity index is 253. The van der Waals surface area contributed by atoms with Crippen molar-refractivity contribution >= 4 is 0 Å². The van der Waals surface area contributed by atoms with E-state index < -0.39 is 0 Å². The predicted octanol–water partition coefficient (Wildman–Crippen LogP) is 1.96. The zero-order valence-electron chi connectivity index (χ0n) is 12.5. The Morgan fingerprint density at radius 3 is 2.39 bits per heavy atom. The molecule has 1 aliphatic rings. The molecule has 0 aromatic rings. The smallest absolute Gasteiger partial charge is 0.0700 e. The number of nitrogens with two attached hydrogens (primary N) is 1. The Labute approximate surface area is 111 Å². The monoisotopic (exact) mass is 259 g/mol. The van der Waals surface area contributed by atoms with Crippen LogP contribution >= 0.6 is 0 Å². The molecule has 1 fully saturated rings. The Kier molecular flexibility index (Phi) is 5.59. The normalized spacial score (nSPS) is 27.3. The Morgan fingerprint density at radius 2 is 1.89 bits per heavy atom. The highest BCUT2D eigenvalue weighted by Gasteiger charge is 2.47. The number of rotatable bonds is 7. The first kappa shape index (κ1) is 15.9. The second-order valence-electron chi connectivity index (χ2n) is 6.33. The minimum absolute atomic E-state index is 0.0668. The lowest BCUT2D eigenvalue weighted by atomic mass is 9.81. The summed E-state index contributed by atoms with van der Waals surface area (Å²) in [5, 5.41) is 0. The van der Waals surface area contributed by atoms with Crippen molar-refractivity contribution in [3.05, 3.63) is 0 Å². The fraction of sp³-hybridized carbons (Fsp3) is 1.00. The third-order valence-electron chi connectivity index (χ3n) is 3.69.